The number of halogens is 1. The minimum absolute atomic E-state index is 0.244. The van der Waals surface area contributed by atoms with Gasteiger partial charge in [0.05, 0.1) is 5.39 Å². The number of hydrogen-bond donors (Lipinski definition) is 0. The van der Waals surface area contributed by atoms with Crippen LogP contribution in [-0.4, -0.2) is 27.6 Å². The fraction of sp³-hybridized carbons (Fsp3) is 0.250. The van der Waals surface area contributed by atoms with Gasteiger partial charge < -0.3 is 9.47 Å². The minimum Gasteiger partial charge on any atom is -0.356 e. The minimum atomic E-state index is -0.244. The van der Waals surface area contributed by atoms with E-state index in [0.29, 0.717) is 5.92 Å². The number of fused-ring (bicyclic) bond motifs is 1. The first kappa shape index (κ1) is 17.9. The first-order chi connectivity index (χ1) is 14.2. The van der Waals surface area contributed by atoms with Gasteiger partial charge in [-0.3, -0.25) is 0 Å². The number of anilines is 1. The molecule has 0 N–H and O–H groups in total. The van der Waals surface area contributed by atoms with Crippen LogP contribution in [0, 0.1) is 11.7 Å². The van der Waals surface area contributed by atoms with Crippen molar-refractivity contribution in [3.05, 3.63) is 72.9 Å². The molecule has 4 aromatic rings. The molecule has 2 aromatic heterocycles. The summed E-state index contributed by atoms with van der Waals surface area (Å²) >= 11 is 0. The molecule has 1 saturated heterocycles. The van der Waals surface area contributed by atoms with Crippen LogP contribution < -0.4 is 4.90 Å². The highest BCUT2D eigenvalue weighted by atomic mass is 19.1. The zero-order valence-electron chi connectivity index (χ0n) is 16.4. The molecular formula is C24H23FN4. The standard InChI is InChI=1S/C24H23FN4/c1-17-6-5-13-28(14-17)23-22-21(18-7-3-2-4-8-18)15-29(24(22)27-16-26-23)20-11-9-19(25)10-12-20/h2-4,7-12,15-17H,5-6,13-14H2,1H3/t17-/m0/s1. The van der Waals surface area contributed by atoms with Gasteiger partial charge in [-0.1, -0.05) is 37.3 Å². The summed E-state index contributed by atoms with van der Waals surface area (Å²) in [5, 5.41) is 1.05. The SMILES string of the molecule is C[C@H]1CCCN(c2ncnc3c2c(-c2ccccc2)cn3-c2ccc(F)cc2)C1. The molecule has 0 radical (unpaired) electrons. The molecule has 1 fully saturated rings. The van der Waals surface area contributed by atoms with E-state index in [0.717, 1.165) is 46.8 Å². The number of piperidine rings is 1. The molecule has 1 aliphatic rings. The van der Waals surface area contributed by atoms with Crippen LogP contribution in [0.2, 0.25) is 0 Å². The van der Waals surface area contributed by atoms with E-state index in [4.69, 9.17) is 4.98 Å². The van der Waals surface area contributed by atoms with Gasteiger partial charge in [-0.05, 0) is 48.6 Å². The summed E-state index contributed by atoms with van der Waals surface area (Å²) in [5.41, 5.74) is 3.95. The molecule has 2 aromatic carbocycles. The number of nitrogens with zero attached hydrogens (tertiary/aromatic N) is 4. The van der Waals surface area contributed by atoms with Crippen molar-refractivity contribution in [1.29, 1.82) is 0 Å². The number of hydrogen-bond acceptors (Lipinski definition) is 3. The van der Waals surface area contributed by atoms with Crippen LogP contribution in [-0.2, 0) is 0 Å². The summed E-state index contributed by atoms with van der Waals surface area (Å²) in [5.74, 6) is 1.39. The molecule has 5 heteroatoms. The van der Waals surface area contributed by atoms with Crippen molar-refractivity contribution < 1.29 is 4.39 Å². The maximum absolute atomic E-state index is 13.5. The Kier molecular flexibility index (Phi) is 4.51. The average molecular weight is 386 g/mol. The van der Waals surface area contributed by atoms with Crippen LogP contribution in [0.15, 0.2) is 67.1 Å². The molecule has 0 saturated carbocycles. The van der Waals surface area contributed by atoms with E-state index in [2.05, 4.69) is 35.1 Å². The van der Waals surface area contributed by atoms with Gasteiger partial charge in [-0.25, -0.2) is 14.4 Å². The Labute approximate surface area is 169 Å². The lowest BCUT2D eigenvalue weighted by atomic mass is 9.99. The first-order valence-corrected chi connectivity index (χ1v) is 10.1. The topological polar surface area (TPSA) is 34.0 Å². The van der Waals surface area contributed by atoms with Crippen molar-refractivity contribution in [3.63, 3.8) is 0 Å². The zero-order valence-corrected chi connectivity index (χ0v) is 16.4. The van der Waals surface area contributed by atoms with Gasteiger partial charge in [0.15, 0.2) is 5.65 Å². The van der Waals surface area contributed by atoms with E-state index in [-0.39, 0.29) is 5.82 Å². The van der Waals surface area contributed by atoms with Crippen molar-refractivity contribution in [1.82, 2.24) is 14.5 Å². The molecule has 3 heterocycles. The molecule has 4 nitrogen and oxygen atoms in total. The zero-order chi connectivity index (χ0) is 19.8. The number of aromatic nitrogens is 3. The second-order valence-corrected chi connectivity index (χ2v) is 7.84. The van der Waals surface area contributed by atoms with Crippen LogP contribution in [0.5, 0.6) is 0 Å². The van der Waals surface area contributed by atoms with Crippen LogP contribution in [0.25, 0.3) is 27.8 Å². The van der Waals surface area contributed by atoms with Gasteiger partial charge in [0.1, 0.15) is 18.0 Å². The highest BCUT2D eigenvalue weighted by Gasteiger charge is 2.24. The Bertz CT molecular complexity index is 1130. The molecule has 1 atom stereocenters. The summed E-state index contributed by atoms with van der Waals surface area (Å²) in [6.07, 6.45) is 6.17. The predicted molar refractivity (Wildman–Crippen MR) is 115 cm³/mol. The summed E-state index contributed by atoms with van der Waals surface area (Å²) in [7, 11) is 0. The molecule has 0 bridgehead atoms. The highest BCUT2D eigenvalue weighted by molar-refractivity contribution is 6.02. The molecular weight excluding hydrogens is 363 g/mol. The van der Waals surface area contributed by atoms with Crippen molar-refractivity contribution in [2.45, 2.75) is 19.8 Å². The van der Waals surface area contributed by atoms with E-state index in [1.807, 2.05) is 22.8 Å². The van der Waals surface area contributed by atoms with E-state index >= 15 is 0 Å². The molecule has 5 rings (SSSR count). The lowest BCUT2D eigenvalue weighted by Gasteiger charge is -2.32. The molecule has 0 unspecified atom stereocenters. The normalized spacial score (nSPS) is 17.0. The molecule has 0 amide bonds. The predicted octanol–water partition coefficient (Wildman–Crippen LogP) is 5.46. The van der Waals surface area contributed by atoms with Crippen LogP contribution >= 0.6 is 0 Å². The smallest absolute Gasteiger partial charge is 0.150 e. The molecule has 0 spiro atoms. The number of benzene rings is 2. The van der Waals surface area contributed by atoms with E-state index in [1.54, 1.807) is 18.5 Å². The third kappa shape index (κ3) is 3.27. The average Bonchev–Trinajstić information content (AvgIpc) is 3.15. The second kappa shape index (κ2) is 7.32. The summed E-state index contributed by atoms with van der Waals surface area (Å²) in [6, 6.07) is 16.9. The van der Waals surface area contributed by atoms with Crippen LogP contribution in [0.4, 0.5) is 10.2 Å². The van der Waals surface area contributed by atoms with E-state index in [9.17, 15) is 4.39 Å². The fourth-order valence-corrected chi connectivity index (χ4v) is 4.30. The molecule has 146 valence electrons. The largest absolute Gasteiger partial charge is 0.356 e. The van der Waals surface area contributed by atoms with Gasteiger partial charge in [0.25, 0.3) is 0 Å². The quantitative estimate of drug-likeness (QED) is 0.469. The van der Waals surface area contributed by atoms with Gasteiger partial charge in [0.2, 0.25) is 0 Å². The Morgan fingerprint density at radius 3 is 2.55 bits per heavy atom. The van der Waals surface area contributed by atoms with Crippen molar-refractivity contribution in [2.24, 2.45) is 5.92 Å². The Morgan fingerprint density at radius 1 is 1.00 bits per heavy atom. The molecule has 0 aliphatic carbocycles. The van der Waals surface area contributed by atoms with Crippen LogP contribution in [0.3, 0.4) is 0 Å². The fourth-order valence-electron chi connectivity index (χ4n) is 4.30. The van der Waals surface area contributed by atoms with Gasteiger partial charge in [-0.2, -0.15) is 0 Å². The summed E-state index contributed by atoms with van der Waals surface area (Å²) < 4.78 is 15.5. The molecule has 29 heavy (non-hydrogen) atoms. The van der Waals surface area contributed by atoms with Gasteiger partial charge >= 0.3 is 0 Å². The Balaban J connectivity index is 1.76. The maximum atomic E-state index is 13.5. The van der Waals surface area contributed by atoms with Gasteiger partial charge in [0, 0.05) is 30.5 Å². The second-order valence-electron chi connectivity index (χ2n) is 7.84. The van der Waals surface area contributed by atoms with Crippen LogP contribution in [0.1, 0.15) is 19.8 Å². The van der Waals surface area contributed by atoms with Gasteiger partial charge in [-0.15, -0.1) is 0 Å². The third-order valence-electron chi connectivity index (χ3n) is 5.71. The summed E-state index contributed by atoms with van der Waals surface area (Å²) in [4.78, 5) is 11.7. The lowest BCUT2D eigenvalue weighted by Crippen LogP contribution is -2.35. The first-order valence-electron chi connectivity index (χ1n) is 10.1. The summed E-state index contributed by atoms with van der Waals surface area (Å²) in [6.45, 7) is 4.31. The van der Waals surface area contributed by atoms with Crippen molar-refractivity contribution in [2.75, 3.05) is 18.0 Å². The van der Waals surface area contributed by atoms with Crippen molar-refractivity contribution in [3.8, 4) is 16.8 Å². The number of rotatable bonds is 3. The van der Waals surface area contributed by atoms with Crippen molar-refractivity contribution >= 4 is 16.9 Å². The Morgan fingerprint density at radius 2 is 1.79 bits per heavy atom. The lowest BCUT2D eigenvalue weighted by molar-refractivity contribution is 0.445. The monoisotopic (exact) mass is 386 g/mol. The maximum Gasteiger partial charge on any atom is 0.150 e. The van der Waals surface area contributed by atoms with E-state index in [1.165, 1.54) is 25.0 Å². The molecule has 1 aliphatic heterocycles. The third-order valence-corrected chi connectivity index (χ3v) is 5.71. The Hall–Kier alpha value is -3.21. The highest BCUT2D eigenvalue weighted by Crippen LogP contribution is 2.37. The van der Waals surface area contributed by atoms with E-state index < -0.39 is 0 Å².